The first kappa shape index (κ1) is 9.45. The Kier molecular flexibility index (Phi) is 2.24. The second-order valence-corrected chi connectivity index (χ2v) is 2.82. The SMILES string of the molecule is O=C(c1cc(F)cc(F)c1)c1ncn[nH]1. The standard InChI is InChI=1S/C9H5F2N3O/c10-6-1-5(2-7(11)3-6)8(15)9-12-4-13-14-9/h1-4H,(H,12,13,14). The quantitative estimate of drug-likeness (QED) is 0.758. The van der Waals surface area contributed by atoms with Crippen molar-refractivity contribution in [2.75, 3.05) is 0 Å². The molecule has 0 fully saturated rings. The Morgan fingerprint density at radius 3 is 2.40 bits per heavy atom. The van der Waals surface area contributed by atoms with Crippen LogP contribution in [-0.4, -0.2) is 21.0 Å². The average Bonchev–Trinajstić information content (AvgIpc) is 2.67. The largest absolute Gasteiger partial charge is 0.285 e. The molecule has 4 nitrogen and oxygen atoms in total. The van der Waals surface area contributed by atoms with Gasteiger partial charge in [-0.3, -0.25) is 9.89 Å². The van der Waals surface area contributed by atoms with E-state index in [1.54, 1.807) is 0 Å². The number of hydrogen-bond donors (Lipinski definition) is 1. The van der Waals surface area contributed by atoms with Gasteiger partial charge in [-0.05, 0) is 12.1 Å². The number of nitrogens with zero attached hydrogens (tertiary/aromatic N) is 2. The number of benzene rings is 1. The van der Waals surface area contributed by atoms with Gasteiger partial charge in [-0.25, -0.2) is 13.8 Å². The molecule has 0 amide bonds. The maximum absolute atomic E-state index is 12.8. The zero-order chi connectivity index (χ0) is 10.8. The maximum atomic E-state index is 12.8. The van der Waals surface area contributed by atoms with E-state index in [-0.39, 0.29) is 11.4 Å². The molecule has 0 saturated heterocycles. The third kappa shape index (κ3) is 1.88. The highest BCUT2D eigenvalue weighted by Gasteiger charge is 2.13. The molecule has 0 aliphatic rings. The number of halogens is 2. The molecule has 0 radical (unpaired) electrons. The highest BCUT2D eigenvalue weighted by molar-refractivity contribution is 6.06. The molecule has 0 unspecified atom stereocenters. The Bertz CT molecular complexity index is 476. The van der Waals surface area contributed by atoms with Crippen molar-refractivity contribution >= 4 is 5.78 Å². The van der Waals surface area contributed by atoms with Crippen LogP contribution in [0.3, 0.4) is 0 Å². The first-order valence-corrected chi connectivity index (χ1v) is 4.03. The molecule has 1 aromatic carbocycles. The molecule has 0 aliphatic heterocycles. The van der Waals surface area contributed by atoms with Crippen molar-refractivity contribution in [1.29, 1.82) is 0 Å². The Hall–Kier alpha value is -2.11. The van der Waals surface area contributed by atoms with Crippen LogP contribution in [0.15, 0.2) is 24.5 Å². The summed E-state index contributed by atoms with van der Waals surface area (Å²) in [5.74, 6) is -2.28. The van der Waals surface area contributed by atoms with E-state index in [4.69, 9.17) is 0 Å². The van der Waals surface area contributed by atoms with Gasteiger partial charge in [0.15, 0.2) is 5.82 Å². The molecule has 15 heavy (non-hydrogen) atoms. The van der Waals surface area contributed by atoms with E-state index >= 15 is 0 Å². The lowest BCUT2D eigenvalue weighted by molar-refractivity contribution is 0.102. The number of carbonyl (C=O) groups excluding carboxylic acids is 1. The second kappa shape index (κ2) is 3.56. The van der Waals surface area contributed by atoms with Gasteiger partial charge in [-0.15, -0.1) is 0 Å². The summed E-state index contributed by atoms with van der Waals surface area (Å²) < 4.78 is 25.6. The lowest BCUT2D eigenvalue weighted by Gasteiger charge is -1.97. The number of carbonyl (C=O) groups is 1. The average molecular weight is 209 g/mol. The van der Waals surface area contributed by atoms with Gasteiger partial charge in [0.1, 0.15) is 18.0 Å². The van der Waals surface area contributed by atoms with Crippen LogP contribution in [-0.2, 0) is 0 Å². The Labute approximate surface area is 83.0 Å². The van der Waals surface area contributed by atoms with Crippen LogP contribution in [0.25, 0.3) is 0 Å². The molecule has 1 heterocycles. The molecule has 76 valence electrons. The molecule has 1 aromatic heterocycles. The lowest BCUT2D eigenvalue weighted by Crippen LogP contribution is -2.04. The van der Waals surface area contributed by atoms with Crippen LogP contribution >= 0.6 is 0 Å². The smallest absolute Gasteiger partial charge is 0.229 e. The van der Waals surface area contributed by atoms with Crippen molar-refractivity contribution in [3.8, 4) is 0 Å². The van der Waals surface area contributed by atoms with Crippen LogP contribution in [0.2, 0.25) is 0 Å². The van der Waals surface area contributed by atoms with E-state index in [0.717, 1.165) is 18.5 Å². The van der Waals surface area contributed by atoms with Gasteiger partial charge < -0.3 is 0 Å². The number of aromatic amines is 1. The third-order valence-corrected chi connectivity index (χ3v) is 1.75. The van der Waals surface area contributed by atoms with Crippen molar-refractivity contribution in [3.05, 3.63) is 47.5 Å². The van der Waals surface area contributed by atoms with E-state index in [2.05, 4.69) is 15.2 Å². The summed E-state index contributed by atoms with van der Waals surface area (Å²) in [6, 6.07) is 2.57. The normalized spacial score (nSPS) is 10.3. The van der Waals surface area contributed by atoms with E-state index in [1.807, 2.05) is 0 Å². The number of aromatic nitrogens is 3. The minimum absolute atomic E-state index is 0.0556. The van der Waals surface area contributed by atoms with Gasteiger partial charge >= 0.3 is 0 Å². The van der Waals surface area contributed by atoms with Crippen LogP contribution in [0.1, 0.15) is 16.2 Å². The molecule has 2 aromatic rings. The minimum Gasteiger partial charge on any atom is -0.285 e. The minimum atomic E-state index is -0.808. The number of nitrogens with one attached hydrogen (secondary N) is 1. The van der Waals surface area contributed by atoms with Crippen LogP contribution < -0.4 is 0 Å². The first-order chi connectivity index (χ1) is 7.16. The lowest BCUT2D eigenvalue weighted by atomic mass is 10.1. The van der Waals surface area contributed by atoms with Crippen molar-refractivity contribution in [1.82, 2.24) is 15.2 Å². The third-order valence-electron chi connectivity index (χ3n) is 1.75. The van der Waals surface area contributed by atoms with Crippen molar-refractivity contribution in [2.24, 2.45) is 0 Å². The fourth-order valence-electron chi connectivity index (χ4n) is 1.14. The zero-order valence-corrected chi connectivity index (χ0v) is 7.37. The molecular formula is C9H5F2N3O. The van der Waals surface area contributed by atoms with E-state index < -0.39 is 17.4 Å². The molecule has 0 saturated carbocycles. The molecular weight excluding hydrogens is 204 g/mol. The Morgan fingerprint density at radius 1 is 1.20 bits per heavy atom. The van der Waals surface area contributed by atoms with Crippen molar-refractivity contribution < 1.29 is 13.6 Å². The predicted octanol–water partition coefficient (Wildman–Crippen LogP) is 1.31. The Morgan fingerprint density at radius 2 is 1.87 bits per heavy atom. The highest BCUT2D eigenvalue weighted by atomic mass is 19.1. The summed E-state index contributed by atoms with van der Waals surface area (Å²) in [5, 5.41) is 5.79. The summed E-state index contributed by atoms with van der Waals surface area (Å²) in [4.78, 5) is 15.1. The van der Waals surface area contributed by atoms with Gasteiger partial charge in [-0.2, -0.15) is 5.10 Å². The van der Waals surface area contributed by atoms with Gasteiger partial charge in [-0.1, -0.05) is 0 Å². The summed E-state index contributed by atoms with van der Waals surface area (Å²) in [6.07, 6.45) is 1.14. The van der Waals surface area contributed by atoms with Gasteiger partial charge in [0.2, 0.25) is 5.78 Å². The second-order valence-electron chi connectivity index (χ2n) is 2.82. The van der Waals surface area contributed by atoms with Gasteiger partial charge in [0.25, 0.3) is 0 Å². The monoisotopic (exact) mass is 209 g/mol. The molecule has 2 rings (SSSR count). The maximum Gasteiger partial charge on any atom is 0.229 e. The molecule has 0 atom stereocenters. The Balaban J connectivity index is 2.42. The number of H-pyrrole nitrogens is 1. The van der Waals surface area contributed by atoms with E-state index in [1.165, 1.54) is 0 Å². The van der Waals surface area contributed by atoms with Crippen LogP contribution in [0.4, 0.5) is 8.78 Å². The summed E-state index contributed by atoms with van der Waals surface area (Å²) in [6.45, 7) is 0. The highest BCUT2D eigenvalue weighted by Crippen LogP contribution is 2.10. The van der Waals surface area contributed by atoms with E-state index in [0.29, 0.717) is 6.07 Å². The number of ketones is 1. The summed E-state index contributed by atoms with van der Waals surface area (Å²) in [5.41, 5.74) is -0.107. The summed E-state index contributed by atoms with van der Waals surface area (Å²) in [7, 11) is 0. The van der Waals surface area contributed by atoms with Gasteiger partial charge in [0.05, 0.1) is 0 Å². The molecule has 6 heteroatoms. The van der Waals surface area contributed by atoms with Crippen molar-refractivity contribution in [3.63, 3.8) is 0 Å². The topological polar surface area (TPSA) is 58.6 Å². The van der Waals surface area contributed by atoms with Gasteiger partial charge in [0, 0.05) is 11.6 Å². The fourth-order valence-corrected chi connectivity index (χ4v) is 1.14. The molecule has 0 spiro atoms. The fraction of sp³-hybridized carbons (Fsp3) is 0. The van der Waals surface area contributed by atoms with Crippen LogP contribution in [0.5, 0.6) is 0 Å². The number of hydrogen-bond acceptors (Lipinski definition) is 3. The molecule has 0 aliphatic carbocycles. The van der Waals surface area contributed by atoms with Crippen LogP contribution in [0, 0.1) is 11.6 Å². The molecule has 0 bridgehead atoms. The van der Waals surface area contributed by atoms with E-state index in [9.17, 15) is 13.6 Å². The number of rotatable bonds is 2. The molecule has 1 N–H and O–H groups in total. The predicted molar refractivity (Wildman–Crippen MR) is 46.2 cm³/mol. The van der Waals surface area contributed by atoms with Crippen molar-refractivity contribution in [2.45, 2.75) is 0 Å². The summed E-state index contributed by atoms with van der Waals surface area (Å²) >= 11 is 0. The first-order valence-electron chi connectivity index (χ1n) is 4.03. The zero-order valence-electron chi connectivity index (χ0n) is 7.37.